The Morgan fingerprint density at radius 1 is 1.40 bits per heavy atom. The lowest BCUT2D eigenvalue weighted by molar-refractivity contribution is 0.266. The summed E-state index contributed by atoms with van der Waals surface area (Å²) in [5.74, 6) is 0. The van der Waals surface area contributed by atoms with E-state index in [1.54, 1.807) is 0 Å². The molecule has 0 aliphatic carbocycles. The number of hydrogen-bond acceptors (Lipinski definition) is 2. The van der Waals surface area contributed by atoms with Crippen molar-refractivity contribution in [2.24, 2.45) is 5.73 Å². The van der Waals surface area contributed by atoms with Crippen molar-refractivity contribution in [3.63, 3.8) is 0 Å². The van der Waals surface area contributed by atoms with E-state index in [9.17, 15) is 0 Å². The molecule has 0 saturated carbocycles. The highest BCUT2D eigenvalue weighted by molar-refractivity contribution is 6.31. The predicted octanol–water partition coefficient (Wildman–Crippen LogP) is 2.40. The minimum absolute atomic E-state index is 0. The van der Waals surface area contributed by atoms with E-state index in [1.165, 1.54) is 0 Å². The maximum Gasteiger partial charge on any atom is 0.0586 e. The van der Waals surface area contributed by atoms with E-state index in [1.807, 2.05) is 36.4 Å². The molecule has 1 rings (SSSR count). The molecule has 0 aliphatic heterocycles. The third kappa shape index (κ3) is 5.80. The number of rotatable bonds is 4. The number of aliphatic hydroxyl groups excluding tert-OH is 1. The minimum Gasteiger partial charge on any atom is -0.395 e. The largest absolute Gasteiger partial charge is 0.395 e. The summed E-state index contributed by atoms with van der Waals surface area (Å²) in [5.41, 5.74) is 6.60. The first-order valence-corrected chi connectivity index (χ1v) is 4.87. The van der Waals surface area contributed by atoms with Crippen LogP contribution >= 0.6 is 24.0 Å². The number of aliphatic hydroxyl groups is 1. The molecule has 1 aromatic carbocycles. The maximum atomic E-state index is 8.74. The second-order valence-electron chi connectivity index (χ2n) is 3.15. The van der Waals surface area contributed by atoms with Crippen LogP contribution in [0.2, 0.25) is 0 Å². The first kappa shape index (κ1) is 14.5. The van der Waals surface area contributed by atoms with Crippen molar-refractivity contribution >= 4 is 30.1 Å². The van der Waals surface area contributed by atoms with E-state index in [4.69, 9.17) is 22.4 Å². The minimum atomic E-state index is -0.275. The number of hydrogen-bond donors (Lipinski definition) is 2. The van der Waals surface area contributed by atoms with Crippen molar-refractivity contribution in [2.75, 3.05) is 6.61 Å². The van der Waals surface area contributed by atoms with Gasteiger partial charge in [-0.3, -0.25) is 0 Å². The molecule has 1 unspecified atom stereocenters. The summed E-state index contributed by atoms with van der Waals surface area (Å²) in [6.45, 7) is -0.0428. The Hall–Kier alpha value is -0.540. The molecule has 0 heterocycles. The molecule has 1 aromatic rings. The fraction of sp³-hybridized carbons (Fsp3) is 0.273. The van der Waals surface area contributed by atoms with Gasteiger partial charge >= 0.3 is 0 Å². The van der Waals surface area contributed by atoms with Crippen molar-refractivity contribution in [1.29, 1.82) is 0 Å². The molecule has 0 spiro atoms. The van der Waals surface area contributed by atoms with Crippen LogP contribution in [0.25, 0.3) is 6.08 Å². The summed E-state index contributed by atoms with van der Waals surface area (Å²) in [6.07, 6.45) is 2.37. The summed E-state index contributed by atoms with van der Waals surface area (Å²) in [6, 6.07) is 9.50. The van der Waals surface area contributed by atoms with E-state index in [-0.39, 0.29) is 25.1 Å². The third-order valence-corrected chi connectivity index (χ3v) is 2.08. The van der Waals surface area contributed by atoms with Gasteiger partial charge in [0.25, 0.3) is 0 Å². The van der Waals surface area contributed by atoms with E-state index in [0.29, 0.717) is 11.5 Å². The molecule has 4 heteroatoms. The zero-order valence-electron chi connectivity index (χ0n) is 8.27. The average Bonchev–Trinajstić information content (AvgIpc) is 2.19. The third-order valence-electron chi connectivity index (χ3n) is 1.81. The molecule has 1 atom stereocenters. The van der Waals surface area contributed by atoms with Crippen LogP contribution in [-0.2, 0) is 0 Å². The summed E-state index contributed by atoms with van der Waals surface area (Å²) in [5, 5.41) is 9.40. The van der Waals surface area contributed by atoms with Gasteiger partial charge in [-0.25, -0.2) is 0 Å². The molecule has 84 valence electrons. The van der Waals surface area contributed by atoms with Crippen molar-refractivity contribution in [1.82, 2.24) is 0 Å². The van der Waals surface area contributed by atoms with Gasteiger partial charge in [0, 0.05) is 17.5 Å². The van der Waals surface area contributed by atoms with Crippen molar-refractivity contribution in [3.8, 4) is 0 Å². The fourth-order valence-corrected chi connectivity index (χ4v) is 1.43. The quantitative estimate of drug-likeness (QED) is 0.859. The molecule has 0 aromatic heterocycles. The standard InChI is InChI=1S/C11H14ClNO.ClH/c12-10(7-11(13)8-14)6-9-4-2-1-3-5-9;/h1-6,11,14H,7-8,13H2;1H/b10-6+;. The molecule has 2 nitrogen and oxygen atoms in total. The number of benzene rings is 1. The van der Waals surface area contributed by atoms with Gasteiger partial charge in [0.2, 0.25) is 0 Å². The van der Waals surface area contributed by atoms with Crippen molar-refractivity contribution in [2.45, 2.75) is 12.5 Å². The second-order valence-corrected chi connectivity index (χ2v) is 3.63. The molecular weight excluding hydrogens is 233 g/mol. The fourth-order valence-electron chi connectivity index (χ4n) is 1.10. The van der Waals surface area contributed by atoms with E-state index < -0.39 is 0 Å². The van der Waals surface area contributed by atoms with Crippen LogP contribution in [0.15, 0.2) is 35.4 Å². The molecule has 0 bridgehead atoms. The van der Waals surface area contributed by atoms with Gasteiger partial charge in [0.15, 0.2) is 0 Å². The van der Waals surface area contributed by atoms with Gasteiger partial charge in [-0.1, -0.05) is 41.9 Å². The van der Waals surface area contributed by atoms with Crippen LogP contribution < -0.4 is 5.73 Å². The molecule has 0 saturated heterocycles. The Labute approximate surface area is 101 Å². The first-order valence-electron chi connectivity index (χ1n) is 4.50. The molecule has 0 fully saturated rings. The van der Waals surface area contributed by atoms with Gasteiger partial charge in [-0.2, -0.15) is 0 Å². The van der Waals surface area contributed by atoms with Crippen LogP contribution in [-0.4, -0.2) is 17.8 Å². The Kier molecular flexibility index (Phi) is 7.44. The Morgan fingerprint density at radius 3 is 2.53 bits per heavy atom. The number of halogens is 2. The summed E-state index contributed by atoms with van der Waals surface area (Å²) >= 11 is 5.96. The molecule has 0 amide bonds. The molecule has 15 heavy (non-hydrogen) atoms. The van der Waals surface area contributed by atoms with Gasteiger partial charge in [-0.15, -0.1) is 12.4 Å². The Balaban J connectivity index is 0.00000196. The lowest BCUT2D eigenvalue weighted by Gasteiger charge is -2.06. The maximum absolute atomic E-state index is 8.74. The van der Waals surface area contributed by atoms with Crippen LogP contribution in [0.4, 0.5) is 0 Å². The lowest BCUT2D eigenvalue weighted by Crippen LogP contribution is -2.23. The highest BCUT2D eigenvalue weighted by Crippen LogP contribution is 2.14. The smallest absolute Gasteiger partial charge is 0.0586 e. The predicted molar refractivity (Wildman–Crippen MR) is 67.2 cm³/mol. The normalized spacial score (nSPS) is 13.1. The SMILES string of the molecule is Cl.NC(CO)C/C(Cl)=C\c1ccccc1. The van der Waals surface area contributed by atoms with Gasteiger partial charge in [0.05, 0.1) is 6.61 Å². The Bertz CT molecular complexity index is 301. The highest BCUT2D eigenvalue weighted by atomic mass is 35.5. The average molecular weight is 248 g/mol. The first-order chi connectivity index (χ1) is 6.72. The van der Waals surface area contributed by atoms with Crippen LogP contribution in [0.3, 0.4) is 0 Å². The van der Waals surface area contributed by atoms with Crippen LogP contribution in [0.1, 0.15) is 12.0 Å². The molecule has 0 radical (unpaired) electrons. The Morgan fingerprint density at radius 2 is 2.00 bits per heavy atom. The van der Waals surface area contributed by atoms with Crippen LogP contribution in [0, 0.1) is 0 Å². The van der Waals surface area contributed by atoms with Gasteiger partial charge in [0.1, 0.15) is 0 Å². The molecular formula is C11H15Cl2NO. The zero-order chi connectivity index (χ0) is 10.4. The van der Waals surface area contributed by atoms with Crippen LogP contribution in [0.5, 0.6) is 0 Å². The van der Waals surface area contributed by atoms with E-state index in [2.05, 4.69) is 0 Å². The van der Waals surface area contributed by atoms with E-state index >= 15 is 0 Å². The summed E-state index contributed by atoms with van der Waals surface area (Å²) < 4.78 is 0. The highest BCUT2D eigenvalue weighted by Gasteiger charge is 2.02. The number of nitrogens with two attached hydrogens (primary N) is 1. The molecule has 3 N–H and O–H groups in total. The van der Waals surface area contributed by atoms with E-state index in [0.717, 1.165) is 5.56 Å². The zero-order valence-corrected chi connectivity index (χ0v) is 9.84. The van der Waals surface area contributed by atoms with Gasteiger partial charge in [-0.05, 0) is 11.6 Å². The summed E-state index contributed by atoms with van der Waals surface area (Å²) in [7, 11) is 0. The lowest BCUT2D eigenvalue weighted by atomic mass is 10.1. The van der Waals surface area contributed by atoms with Crippen molar-refractivity contribution in [3.05, 3.63) is 40.9 Å². The molecule has 0 aliphatic rings. The monoisotopic (exact) mass is 247 g/mol. The van der Waals surface area contributed by atoms with Crippen molar-refractivity contribution < 1.29 is 5.11 Å². The second kappa shape index (κ2) is 7.71. The van der Waals surface area contributed by atoms with Gasteiger partial charge < -0.3 is 10.8 Å². The topological polar surface area (TPSA) is 46.2 Å². The summed E-state index contributed by atoms with van der Waals surface area (Å²) in [4.78, 5) is 0.